The van der Waals surface area contributed by atoms with Gasteiger partial charge in [0, 0.05) is 31.1 Å². The summed E-state index contributed by atoms with van der Waals surface area (Å²) in [7, 11) is 1.50. The maximum absolute atomic E-state index is 13.3. The lowest BCUT2D eigenvalue weighted by Crippen LogP contribution is -2.56. The zero-order valence-electron chi connectivity index (χ0n) is 22.2. The lowest BCUT2D eigenvalue weighted by Gasteiger charge is -2.36. The lowest BCUT2D eigenvalue weighted by atomic mass is 9.92. The first-order valence-corrected chi connectivity index (χ1v) is 13.2. The molecule has 1 fully saturated rings. The maximum atomic E-state index is 13.3. The third-order valence-electron chi connectivity index (χ3n) is 7.86. The van der Waals surface area contributed by atoms with Crippen molar-refractivity contribution >= 4 is 18.1 Å². The van der Waals surface area contributed by atoms with Crippen molar-refractivity contribution in [3.8, 4) is 5.75 Å². The number of amides is 2. The number of halogens is 3. The van der Waals surface area contributed by atoms with Gasteiger partial charge in [0.25, 0.3) is 5.91 Å². The molecular formula is C29H34F3N3O4. The Morgan fingerprint density at radius 3 is 2.38 bits per heavy atom. The van der Waals surface area contributed by atoms with Crippen LogP contribution >= 0.6 is 0 Å². The van der Waals surface area contributed by atoms with Crippen LogP contribution in [0.25, 0.3) is 0 Å². The predicted molar refractivity (Wildman–Crippen MR) is 139 cm³/mol. The molecule has 4 rings (SSSR count). The van der Waals surface area contributed by atoms with Crippen LogP contribution in [0.2, 0.25) is 0 Å². The molecule has 2 amide bonds. The summed E-state index contributed by atoms with van der Waals surface area (Å²) in [6.45, 7) is 3.58. The number of aldehydes is 1. The van der Waals surface area contributed by atoms with Gasteiger partial charge in [-0.25, -0.2) is 0 Å². The SMILES string of the molecule is CNC(=O)C(C)(CCC=O)N1Cc2c(OCc3ccc(CN4CCC(C(F)(F)F)CC4)cc3)cccc2C1=O. The van der Waals surface area contributed by atoms with Crippen molar-refractivity contribution in [1.29, 1.82) is 0 Å². The molecule has 0 aromatic heterocycles. The second-order valence-electron chi connectivity index (χ2n) is 10.4. The minimum atomic E-state index is -4.11. The summed E-state index contributed by atoms with van der Waals surface area (Å²) in [6, 6.07) is 13.0. The van der Waals surface area contributed by atoms with Gasteiger partial charge in [0.1, 0.15) is 24.2 Å². The third-order valence-corrected chi connectivity index (χ3v) is 7.86. The second-order valence-corrected chi connectivity index (χ2v) is 10.4. The van der Waals surface area contributed by atoms with E-state index >= 15 is 0 Å². The zero-order valence-corrected chi connectivity index (χ0v) is 22.2. The fourth-order valence-corrected chi connectivity index (χ4v) is 5.40. The van der Waals surface area contributed by atoms with Crippen LogP contribution in [0.3, 0.4) is 0 Å². The van der Waals surface area contributed by atoms with E-state index < -0.39 is 17.6 Å². The number of nitrogens with one attached hydrogen (secondary N) is 1. The fourth-order valence-electron chi connectivity index (χ4n) is 5.40. The molecule has 0 spiro atoms. The largest absolute Gasteiger partial charge is 0.489 e. The Labute approximate surface area is 226 Å². The maximum Gasteiger partial charge on any atom is 0.391 e. The Bertz CT molecular complexity index is 1190. The van der Waals surface area contributed by atoms with Gasteiger partial charge in [0.15, 0.2) is 0 Å². The van der Waals surface area contributed by atoms with Gasteiger partial charge in [-0.2, -0.15) is 13.2 Å². The van der Waals surface area contributed by atoms with Gasteiger partial charge < -0.3 is 19.7 Å². The highest BCUT2D eigenvalue weighted by atomic mass is 19.4. The van der Waals surface area contributed by atoms with Crippen LogP contribution in [-0.4, -0.2) is 59.8 Å². The number of carbonyl (C=O) groups excluding carboxylic acids is 3. The molecule has 1 unspecified atom stereocenters. The number of carbonyl (C=O) groups is 3. The molecule has 210 valence electrons. The average Bonchev–Trinajstić information content (AvgIpc) is 3.28. The quantitative estimate of drug-likeness (QED) is 0.446. The van der Waals surface area contributed by atoms with Crippen LogP contribution in [-0.2, 0) is 29.3 Å². The van der Waals surface area contributed by atoms with Crippen LogP contribution in [0.1, 0.15) is 59.7 Å². The molecule has 1 N–H and O–H groups in total. The minimum absolute atomic E-state index is 0.135. The van der Waals surface area contributed by atoms with E-state index in [4.69, 9.17) is 4.74 Å². The predicted octanol–water partition coefficient (Wildman–Crippen LogP) is 4.48. The number of alkyl halides is 3. The average molecular weight is 546 g/mol. The molecule has 2 aromatic carbocycles. The van der Waals surface area contributed by atoms with E-state index in [9.17, 15) is 27.6 Å². The van der Waals surface area contributed by atoms with Gasteiger partial charge >= 0.3 is 6.18 Å². The van der Waals surface area contributed by atoms with Crippen LogP contribution in [0.4, 0.5) is 13.2 Å². The van der Waals surface area contributed by atoms with Crippen molar-refractivity contribution in [2.45, 2.75) is 64.0 Å². The van der Waals surface area contributed by atoms with Crippen LogP contribution in [0.15, 0.2) is 42.5 Å². The molecule has 2 aliphatic rings. The highest BCUT2D eigenvalue weighted by Gasteiger charge is 2.46. The van der Waals surface area contributed by atoms with Gasteiger partial charge in [-0.05, 0) is 62.5 Å². The van der Waals surface area contributed by atoms with Crippen LogP contribution < -0.4 is 10.1 Å². The van der Waals surface area contributed by atoms with E-state index in [1.54, 1.807) is 25.1 Å². The second kappa shape index (κ2) is 11.8. The van der Waals surface area contributed by atoms with Gasteiger partial charge in [0.2, 0.25) is 5.91 Å². The summed E-state index contributed by atoms with van der Waals surface area (Å²) >= 11 is 0. The normalized spacial score (nSPS) is 18.0. The van der Waals surface area contributed by atoms with Crippen molar-refractivity contribution in [2.24, 2.45) is 5.92 Å². The third kappa shape index (κ3) is 6.27. The van der Waals surface area contributed by atoms with E-state index in [1.807, 2.05) is 29.2 Å². The van der Waals surface area contributed by atoms with Crippen molar-refractivity contribution in [3.63, 3.8) is 0 Å². The van der Waals surface area contributed by atoms with Crippen molar-refractivity contribution < 1.29 is 32.3 Å². The van der Waals surface area contributed by atoms with E-state index in [-0.39, 0.29) is 50.6 Å². The molecule has 2 heterocycles. The van der Waals surface area contributed by atoms with Crippen molar-refractivity contribution in [2.75, 3.05) is 20.1 Å². The number of likely N-dealkylation sites (tertiary alicyclic amines) is 1. The summed E-state index contributed by atoms with van der Waals surface area (Å²) < 4.78 is 44.8. The molecular weight excluding hydrogens is 511 g/mol. The Morgan fingerprint density at radius 1 is 1.10 bits per heavy atom. The van der Waals surface area contributed by atoms with Crippen molar-refractivity contribution in [3.05, 3.63) is 64.7 Å². The molecule has 0 radical (unpaired) electrons. The Balaban J connectivity index is 1.38. The smallest absolute Gasteiger partial charge is 0.391 e. The van der Waals surface area contributed by atoms with E-state index in [0.29, 0.717) is 36.5 Å². The van der Waals surface area contributed by atoms with Gasteiger partial charge in [-0.1, -0.05) is 30.3 Å². The zero-order chi connectivity index (χ0) is 28.2. The number of likely N-dealkylation sites (N-methyl/N-ethyl adjacent to an activating group) is 1. The number of piperidine rings is 1. The standard InChI is InChI=1S/C29H34F3N3O4/c1-28(13-4-16-36,27(38)33-2)35-18-24-23(26(35)37)5-3-6-25(24)39-19-21-9-7-20(8-10-21)17-34-14-11-22(12-15-34)29(30,31)32/h3,5-10,16,22H,4,11-15,17-19H2,1-2H3,(H,33,38). The number of rotatable bonds is 10. The van der Waals surface area contributed by atoms with Gasteiger partial charge in [0.05, 0.1) is 12.5 Å². The molecule has 1 atom stereocenters. The molecule has 0 saturated carbocycles. The molecule has 10 heteroatoms. The Kier molecular flexibility index (Phi) is 8.64. The Morgan fingerprint density at radius 2 is 1.77 bits per heavy atom. The number of hydrogen-bond donors (Lipinski definition) is 1. The summed E-state index contributed by atoms with van der Waals surface area (Å²) in [5.41, 5.74) is 1.92. The molecule has 2 aliphatic heterocycles. The number of benzene rings is 2. The topological polar surface area (TPSA) is 79.0 Å². The monoisotopic (exact) mass is 545 g/mol. The highest BCUT2D eigenvalue weighted by Crippen LogP contribution is 2.37. The molecule has 7 nitrogen and oxygen atoms in total. The molecule has 0 aliphatic carbocycles. The minimum Gasteiger partial charge on any atom is -0.489 e. The lowest BCUT2D eigenvalue weighted by molar-refractivity contribution is -0.185. The van der Waals surface area contributed by atoms with E-state index in [2.05, 4.69) is 5.32 Å². The number of hydrogen-bond acceptors (Lipinski definition) is 5. The van der Waals surface area contributed by atoms with E-state index in [0.717, 1.165) is 17.4 Å². The first-order chi connectivity index (χ1) is 18.6. The van der Waals surface area contributed by atoms with Crippen LogP contribution in [0.5, 0.6) is 5.75 Å². The Hall–Kier alpha value is -3.40. The first kappa shape index (κ1) is 28.6. The molecule has 39 heavy (non-hydrogen) atoms. The summed E-state index contributed by atoms with van der Waals surface area (Å²) in [4.78, 5) is 40.6. The molecule has 0 bridgehead atoms. The molecule has 1 saturated heterocycles. The number of ether oxygens (including phenoxy) is 1. The summed E-state index contributed by atoms with van der Waals surface area (Å²) in [5, 5.41) is 2.61. The number of nitrogens with zero attached hydrogens (tertiary/aromatic N) is 2. The van der Waals surface area contributed by atoms with Crippen LogP contribution in [0, 0.1) is 5.92 Å². The summed E-state index contributed by atoms with van der Waals surface area (Å²) in [6.07, 6.45) is -2.75. The fraction of sp³-hybridized carbons (Fsp3) is 0.483. The molecule has 2 aromatic rings. The number of fused-ring (bicyclic) bond motifs is 1. The highest BCUT2D eigenvalue weighted by molar-refractivity contribution is 6.03. The van der Waals surface area contributed by atoms with E-state index in [1.165, 1.54) is 11.9 Å². The van der Waals surface area contributed by atoms with Gasteiger partial charge in [-0.15, -0.1) is 0 Å². The summed E-state index contributed by atoms with van der Waals surface area (Å²) in [5.74, 6) is -1.27. The van der Waals surface area contributed by atoms with Crippen molar-refractivity contribution in [1.82, 2.24) is 15.1 Å². The first-order valence-electron chi connectivity index (χ1n) is 13.2. The van der Waals surface area contributed by atoms with Gasteiger partial charge in [-0.3, -0.25) is 14.5 Å².